The highest BCUT2D eigenvalue weighted by molar-refractivity contribution is 5.78. The van der Waals surface area contributed by atoms with Gasteiger partial charge in [0.1, 0.15) is 6.61 Å². The number of rotatable bonds is 3. The number of aliphatic hydroxyl groups is 1. The van der Waals surface area contributed by atoms with Crippen LogP contribution in [-0.4, -0.2) is 47.8 Å². The largest absolute Gasteiger partial charge is 0.396 e. The molecule has 1 rings (SSSR count). The van der Waals surface area contributed by atoms with Gasteiger partial charge in [0.25, 0.3) is 0 Å². The summed E-state index contributed by atoms with van der Waals surface area (Å²) in [4.78, 5) is 13.1. The molecule has 1 saturated heterocycles. The second kappa shape index (κ2) is 4.58. The molecule has 0 saturated carbocycles. The van der Waals surface area contributed by atoms with Gasteiger partial charge in [-0.1, -0.05) is 0 Å². The first-order valence-corrected chi connectivity index (χ1v) is 4.67. The molecular formula is C9H17NO3. The lowest BCUT2D eigenvalue weighted by atomic mass is 10.2. The fourth-order valence-corrected chi connectivity index (χ4v) is 1.46. The third kappa shape index (κ3) is 2.67. The topological polar surface area (TPSA) is 49.8 Å². The summed E-state index contributed by atoms with van der Waals surface area (Å²) in [6, 6.07) is 0.220. The average molecular weight is 187 g/mol. The maximum Gasteiger partial charge on any atom is 0.248 e. The molecule has 0 radical (unpaired) electrons. The van der Waals surface area contributed by atoms with Crippen LogP contribution >= 0.6 is 0 Å². The molecule has 4 nitrogen and oxygen atoms in total. The van der Waals surface area contributed by atoms with Crippen molar-refractivity contribution in [3.63, 3.8) is 0 Å². The maximum absolute atomic E-state index is 11.3. The summed E-state index contributed by atoms with van der Waals surface area (Å²) < 4.78 is 5.26. The van der Waals surface area contributed by atoms with Gasteiger partial charge in [-0.05, 0) is 20.3 Å². The predicted octanol–water partition coefficient (Wildman–Crippen LogP) is 0.00460. The summed E-state index contributed by atoms with van der Waals surface area (Å²) in [6.07, 6.45) is 0.612. The van der Waals surface area contributed by atoms with Gasteiger partial charge < -0.3 is 14.7 Å². The molecule has 1 amide bonds. The molecule has 0 aromatic rings. The van der Waals surface area contributed by atoms with Crippen LogP contribution in [0.2, 0.25) is 0 Å². The zero-order valence-electron chi connectivity index (χ0n) is 8.19. The molecule has 1 unspecified atom stereocenters. The standard InChI is InChI=1S/C9H17NO3/c1-7(2)10-5-8(3-4-11)13-6-9(10)12/h7-8,11H,3-6H2,1-2H3. The Morgan fingerprint density at radius 1 is 1.69 bits per heavy atom. The molecule has 13 heavy (non-hydrogen) atoms. The summed E-state index contributed by atoms with van der Waals surface area (Å²) in [5.41, 5.74) is 0. The zero-order chi connectivity index (χ0) is 9.84. The minimum absolute atomic E-state index is 0.00472. The van der Waals surface area contributed by atoms with Gasteiger partial charge in [-0.15, -0.1) is 0 Å². The van der Waals surface area contributed by atoms with Crippen LogP contribution in [0.4, 0.5) is 0 Å². The van der Waals surface area contributed by atoms with Gasteiger partial charge in [0.2, 0.25) is 5.91 Å². The number of aliphatic hydroxyl groups excluding tert-OH is 1. The predicted molar refractivity (Wildman–Crippen MR) is 48.3 cm³/mol. The molecule has 0 aromatic heterocycles. The van der Waals surface area contributed by atoms with E-state index in [2.05, 4.69) is 0 Å². The Labute approximate surface area is 78.5 Å². The van der Waals surface area contributed by atoms with Crippen molar-refractivity contribution < 1.29 is 14.6 Å². The van der Waals surface area contributed by atoms with E-state index in [1.54, 1.807) is 4.90 Å². The normalized spacial score (nSPS) is 24.2. The highest BCUT2D eigenvalue weighted by atomic mass is 16.5. The minimum atomic E-state index is 0.00472. The van der Waals surface area contributed by atoms with Crippen molar-refractivity contribution in [1.29, 1.82) is 0 Å². The Morgan fingerprint density at radius 2 is 2.38 bits per heavy atom. The molecule has 1 atom stereocenters. The van der Waals surface area contributed by atoms with E-state index in [9.17, 15) is 4.79 Å². The Kier molecular flexibility index (Phi) is 3.69. The van der Waals surface area contributed by atoms with E-state index in [1.165, 1.54) is 0 Å². The van der Waals surface area contributed by atoms with Gasteiger partial charge in [-0.25, -0.2) is 0 Å². The zero-order valence-corrected chi connectivity index (χ0v) is 8.19. The van der Waals surface area contributed by atoms with Crippen LogP contribution in [0.1, 0.15) is 20.3 Å². The lowest BCUT2D eigenvalue weighted by Gasteiger charge is -2.35. The van der Waals surface area contributed by atoms with Crippen molar-refractivity contribution in [2.24, 2.45) is 0 Å². The SMILES string of the molecule is CC(C)N1CC(CCO)OCC1=O. The number of ether oxygens (including phenoxy) is 1. The van der Waals surface area contributed by atoms with E-state index < -0.39 is 0 Å². The second-order valence-electron chi connectivity index (χ2n) is 3.59. The third-order valence-corrected chi connectivity index (χ3v) is 2.24. The number of hydrogen-bond donors (Lipinski definition) is 1. The molecule has 1 fully saturated rings. The monoisotopic (exact) mass is 187 g/mol. The van der Waals surface area contributed by atoms with Crippen molar-refractivity contribution in [3.05, 3.63) is 0 Å². The molecule has 1 aliphatic rings. The average Bonchev–Trinajstić information content (AvgIpc) is 2.08. The molecule has 4 heteroatoms. The van der Waals surface area contributed by atoms with Gasteiger partial charge in [0.15, 0.2) is 0 Å². The number of hydrogen-bond acceptors (Lipinski definition) is 3. The van der Waals surface area contributed by atoms with E-state index in [-0.39, 0.29) is 31.3 Å². The minimum Gasteiger partial charge on any atom is -0.396 e. The first-order valence-electron chi connectivity index (χ1n) is 4.67. The molecule has 0 bridgehead atoms. The van der Waals surface area contributed by atoms with Gasteiger partial charge in [0.05, 0.1) is 6.10 Å². The Balaban J connectivity index is 2.48. The molecule has 0 spiro atoms. The van der Waals surface area contributed by atoms with Crippen molar-refractivity contribution in [1.82, 2.24) is 4.90 Å². The van der Waals surface area contributed by atoms with Crippen LogP contribution in [-0.2, 0) is 9.53 Å². The second-order valence-corrected chi connectivity index (χ2v) is 3.59. The highest BCUT2D eigenvalue weighted by Crippen LogP contribution is 2.11. The van der Waals surface area contributed by atoms with Crippen LogP contribution in [0, 0.1) is 0 Å². The van der Waals surface area contributed by atoms with Crippen LogP contribution in [0.15, 0.2) is 0 Å². The molecule has 0 aromatic carbocycles. The summed E-state index contributed by atoms with van der Waals surface area (Å²) in [6.45, 7) is 4.85. The summed E-state index contributed by atoms with van der Waals surface area (Å²) in [7, 11) is 0. The first-order chi connectivity index (χ1) is 6.15. The lowest BCUT2D eigenvalue weighted by molar-refractivity contribution is -0.152. The fourth-order valence-electron chi connectivity index (χ4n) is 1.46. The van der Waals surface area contributed by atoms with Gasteiger partial charge in [-0.2, -0.15) is 0 Å². The van der Waals surface area contributed by atoms with Crippen molar-refractivity contribution in [3.8, 4) is 0 Å². The van der Waals surface area contributed by atoms with Crippen molar-refractivity contribution in [2.45, 2.75) is 32.4 Å². The Bertz CT molecular complexity index is 182. The van der Waals surface area contributed by atoms with Gasteiger partial charge >= 0.3 is 0 Å². The summed E-state index contributed by atoms with van der Waals surface area (Å²) in [5, 5.41) is 8.73. The maximum atomic E-state index is 11.3. The quantitative estimate of drug-likeness (QED) is 0.677. The molecule has 1 N–H and O–H groups in total. The molecule has 1 heterocycles. The number of carbonyl (C=O) groups excluding carboxylic acids is 1. The van der Waals surface area contributed by atoms with Gasteiger partial charge in [-0.3, -0.25) is 4.79 Å². The fraction of sp³-hybridized carbons (Fsp3) is 0.889. The van der Waals surface area contributed by atoms with E-state index in [1.807, 2.05) is 13.8 Å². The van der Waals surface area contributed by atoms with Crippen molar-refractivity contribution >= 4 is 5.91 Å². The van der Waals surface area contributed by atoms with E-state index >= 15 is 0 Å². The number of amides is 1. The van der Waals surface area contributed by atoms with E-state index in [4.69, 9.17) is 9.84 Å². The molecule has 76 valence electrons. The van der Waals surface area contributed by atoms with Crippen LogP contribution in [0.25, 0.3) is 0 Å². The van der Waals surface area contributed by atoms with E-state index in [0.29, 0.717) is 13.0 Å². The Morgan fingerprint density at radius 3 is 2.92 bits per heavy atom. The Hall–Kier alpha value is -0.610. The van der Waals surface area contributed by atoms with E-state index in [0.717, 1.165) is 0 Å². The smallest absolute Gasteiger partial charge is 0.248 e. The van der Waals surface area contributed by atoms with Crippen molar-refractivity contribution in [2.75, 3.05) is 19.8 Å². The van der Waals surface area contributed by atoms with Crippen LogP contribution < -0.4 is 0 Å². The first kappa shape index (κ1) is 10.5. The summed E-state index contributed by atoms with van der Waals surface area (Å²) in [5.74, 6) is 0.0455. The summed E-state index contributed by atoms with van der Waals surface area (Å²) >= 11 is 0. The van der Waals surface area contributed by atoms with Gasteiger partial charge in [0, 0.05) is 19.2 Å². The molecular weight excluding hydrogens is 170 g/mol. The highest BCUT2D eigenvalue weighted by Gasteiger charge is 2.27. The molecule has 1 aliphatic heterocycles. The third-order valence-electron chi connectivity index (χ3n) is 2.24. The number of morpholine rings is 1. The van der Waals surface area contributed by atoms with Crippen LogP contribution in [0.3, 0.4) is 0 Å². The lowest BCUT2D eigenvalue weighted by Crippen LogP contribution is -2.49. The number of carbonyl (C=O) groups is 1. The van der Waals surface area contributed by atoms with Crippen LogP contribution in [0.5, 0.6) is 0 Å². The number of nitrogens with zero attached hydrogens (tertiary/aromatic N) is 1. The molecule has 0 aliphatic carbocycles.